The SMILES string of the molecule is CCCCCC(=O)CCCCCCCCCCCCCCCCCC(=O)O. The molecule has 0 spiro atoms. The Morgan fingerprint density at radius 1 is 0.481 bits per heavy atom. The van der Waals surface area contributed by atoms with Gasteiger partial charge in [0.1, 0.15) is 5.78 Å². The number of unbranched alkanes of at least 4 members (excludes halogenated alkanes) is 16. The average molecular weight is 383 g/mol. The second-order valence-electron chi connectivity index (χ2n) is 8.19. The molecule has 0 saturated heterocycles. The van der Waals surface area contributed by atoms with Crippen LogP contribution < -0.4 is 0 Å². The summed E-state index contributed by atoms with van der Waals surface area (Å²) in [4.78, 5) is 22.1. The molecule has 3 nitrogen and oxygen atoms in total. The standard InChI is InChI=1S/C24H46O3/c1-2-3-17-20-23(25)21-18-15-13-11-9-7-5-4-6-8-10-12-14-16-19-22-24(26)27/h2-22H2,1H3,(H,26,27). The Hall–Kier alpha value is -0.860. The lowest BCUT2D eigenvalue weighted by Crippen LogP contribution is -1.97. The second-order valence-corrected chi connectivity index (χ2v) is 8.19. The number of hydrogen-bond donors (Lipinski definition) is 1. The number of carboxylic acids is 1. The Morgan fingerprint density at radius 3 is 1.11 bits per heavy atom. The van der Waals surface area contributed by atoms with E-state index in [1.165, 1.54) is 89.9 Å². The third kappa shape index (κ3) is 23.1. The topological polar surface area (TPSA) is 54.4 Å². The third-order valence-electron chi connectivity index (χ3n) is 5.41. The molecule has 0 saturated carbocycles. The van der Waals surface area contributed by atoms with E-state index in [2.05, 4.69) is 6.92 Å². The number of Topliss-reactive ketones (excluding diaryl/α,β-unsaturated/α-hetero) is 1. The minimum absolute atomic E-state index is 0.331. The van der Waals surface area contributed by atoms with E-state index >= 15 is 0 Å². The number of aliphatic carboxylic acids is 1. The predicted molar refractivity (Wildman–Crippen MR) is 115 cm³/mol. The van der Waals surface area contributed by atoms with Crippen molar-refractivity contribution >= 4 is 11.8 Å². The summed E-state index contributed by atoms with van der Waals surface area (Å²) in [5, 5.41) is 8.57. The number of carboxylic acid groups (broad SMARTS) is 1. The maximum atomic E-state index is 11.7. The van der Waals surface area contributed by atoms with Crippen LogP contribution in [0.4, 0.5) is 0 Å². The molecule has 1 N–H and O–H groups in total. The van der Waals surface area contributed by atoms with Gasteiger partial charge in [-0.05, 0) is 19.3 Å². The summed E-state index contributed by atoms with van der Waals surface area (Å²) in [5.74, 6) is -0.188. The van der Waals surface area contributed by atoms with Crippen LogP contribution in [0.25, 0.3) is 0 Å². The van der Waals surface area contributed by atoms with Gasteiger partial charge in [-0.1, -0.05) is 103 Å². The first-order valence-electron chi connectivity index (χ1n) is 11.9. The fourth-order valence-corrected chi connectivity index (χ4v) is 3.59. The Kier molecular flexibility index (Phi) is 20.8. The molecule has 27 heavy (non-hydrogen) atoms. The van der Waals surface area contributed by atoms with Crippen molar-refractivity contribution in [1.29, 1.82) is 0 Å². The van der Waals surface area contributed by atoms with Crippen molar-refractivity contribution in [2.45, 2.75) is 142 Å². The Balaban J connectivity index is 3.08. The molecule has 0 rings (SSSR count). The monoisotopic (exact) mass is 382 g/mol. The normalized spacial score (nSPS) is 11.0. The zero-order valence-corrected chi connectivity index (χ0v) is 18.1. The highest BCUT2D eigenvalue weighted by atomic mass is 16.4. The molecule has 0 fully saturated rings. The van der Waals surface area contributed by atoms with Crippen molar-refractivity contribution < 1.29 is 14.7 Å². The zero-order valence-electron chi connectivity index (χ0n) is 18.1. The van der Waals surface area contributed by atoms with E-state index in [1.807, 2.05) is 0 Å². The van der Waals surface area contributed by atoms with E-state index in [9.17, 15) is 9.59 Å². The van der Waals surface area contributed by atoms with Crippen LogP contribution in [0.1, 0.15) is 142 Å². The van der Waals surface area contributed by atoms with Gasteiger partial charge in [-0.3, -0.25) is 9.59 Å². The lowest BCUT2D eigenvalue weighted by molar-refractivity contribution is -0.137. The highest BCUT2D eigenvalue weighted by Crippen LogP contribution is 2.14. The van der Waals surface area contributed by atoms with Crippen molar-refractivity contribution in [3.63, 3.8) is 0 Å². The first-order valence-corrected chi connectivity index (χ1v) is 11.9. The summed E-state index contributed by atoms with van der Waals surface area (Å²) in [6, 6.07) is 0. The molecule has 0 bridgehead atoms. The van der Waals surface area contributed by atoms with Gasteiger partial charge in [-0.2, -0.15) is 0 Å². The van der Waals surface area contributed by atoms with E-state index in [-0.39, 0.29) is 0 Å². The van der Waals surface area contributed by atoms with E-state index < -0.39 is 5.97 Å². The fraction of sp³-hybridized carbons (Fsp3) is 0.917. The first kappa shape index (κ1) is 26.1. The van der Waals surface area contributed by atoms with Crippen LogP contribution in [0.5, 0.6) is 0 Å². The van der Waals surface area contributed by atoms with E-state index in [4.69, 9.17) is 5.11 Å². The van der Waals surface area contributed by atoms with Gasteiger partial charge in [0.2, 0.25) is 0 Å². The van der Waals surface area contributed by atoms with Crippen LogP contribution >= 0.6 is 0 Å². The quantitative estimate of drug-likeness (QED) is 0.194. The lowest BCUT2D eigenvalue weighted by atomic mass is 10.0. The smallest absolute Gasteiger partial charge is 0.303 e. The molecule has 0 amide bonds. The Bertz CT molecular complexity index is 339. The zero-order chi connectivity index (χ0) is 20.0. The van der Waals surface area contributed by atoms with Gasteiger partial charge in [-0.25, -0.2) is 0 Å². The van der Waals surface area contributed by atoms with E-state index in [0.29, 0.717) is 12.2 Å². The summed E-state index contributed by atoms with van der Waals surface area (Å²) in [7, 11) is 0. The van der Waals surface area contributed by atoms with Gasteiger partial charge in [-0.15, -0.1) is 0 Å². The average Bonchev–Trinajstić information content (AvgIpc) is 2.64. The minimum Gasteiger partial charge on any atom is -0.481 e. The summed E-state index contributed by atoms with van der Waals surface area (Å²) in [6.07, 6.45) is 24.2. The summed E-state index contributed by atoms with van der Waals surface area (Å²) in [5.41, 5.74) is 0. The maximum Gasteiger partial charge on any atom is 0.303 e. The van der Waals surface area contributed by atoms with Gasteiger partial charge in [0, 0.05) is 19.3 Å². The van der Waals surface area contributed by atoms with Crippen molar-refractivity contribution in [2.75, 3.05) is 0 Å². The molecule has 0 aliphatic carbocycles. The minimum atomic E-state index is -0.664. The summed E-state index contributed by atoms with van der Waals surface area (Å²) in [6.45, 7) is 2.18. The molecule has 0 unspecified atom stereocenters. The molecule has 3 heteroatoms. The molecule has 0 aliphatic rings. The molecule has 0 heterocycles. The number of ketones is 1. The molecule has 0 aromatic carbocycles. The largest absolute Gasteiger partial charge is 0.481 e. The lowest BCUT2D eigenvalue weighted by Gasteiger charge is -2.04. The van der Waals surface area contributed by atoms with Crippen LogP contribution in [0.2, 0.25) is 0 Å². The van der Waals surface area contributed by atoms with E-state index in [1.54, 1.807) is 0 Å². The molecular weight excluding hydrogens is 336 g/mol. The number of hydrogen-bond acceptors (Lipinski definition) is 2. The summed E-state index contributed by atoms with van der Waals surface area (Å²) >= 11 is 0. The van der Waals surface area contributed by atoms with Crippen molar-refractivity contribution in [3.8, 4) is 0 Å². The van der Waals surface area contributed by atoms with Gasteiger partial charge >= 0.3 is 5.97 Å². The van der Waals surface area contributed by atoms with Crippen LogP contribution in [0.15, 0.2) is 0 Å². The van der Waals surface area contributed by atoms with Gasteiger partial charge < -0.3 is 5.11 Å². The number of rotatable bonds is 22. The fourth-order valence-electron chi connectivity index (χ4n) is 3.59. The second kappa shape index (κ2) is 21.4. The number of carbonyl (C=O) groups excluding carboxylic acids is 1. The third-order valence-corrected chi connectivity index (χ3v) is 5.41. The van der Waals surface area contributed by atoms with E-state index in [0.717, 1.165) is 38.5 Å². The van der Waals surface area contributed by atoms with Gasteiger partial charge in [0.05, 0.1) is 0 Å². The van der Waals surface area contributed by atoms with Crippen molar-refractivity contribution in [1.82, 2.24) is 0 Å². The van der Waals surface area contributed by atoms with Gasteiger partial charge in [0.15, 0.2) is 0 Å². The molecule has 0 radical (unpaired) electrons. The summed E-state index contributed by atoms with van der Waals surface area (Å²) < 4.78 is 0. The van der Waals surface area contributed by atoms with Crippen molar-refractivity contribution in [3.05, 3.63) is 0 Å². The van der Waals surface area contributed by atoms with Crippen LogP contribution in [-0.4, -0.2) is 16.9 Å². The highest BCUT2D eigenvalue weighted by molar-refractivity contribution is 5.78. The molecule has 0 aromatic heterocycles. The van der Waals surface area contributed by atoms with Crippen molar-refractivity contribution in [2.24, 2.45) is 0 Å². The van der Waals surface area contributed by atoms with Crippen LogP contribution in [0.3, 0.4) is 0 Å². The Morgan fingerprint density at radius 2 is 0.778 bits per heavy atom. The van der Waals surface area contributed by atoms with Crippen LogP contribution in [-0.2, 0) is 9.59 Å². The maximum absolute atomic E-state index is 11.7. The predicted octanol–water partition coefficient (Wildman–Crippen LogP) is 7.85. The number of carbonyl (C=O) groups is 2. The molecular formula is C24H46O3. The molecule has 0 aliphatic heterocycles. The first-order chi connectivity index (χ1) is 13.2. The molecule has 0 atom stereocenters. The highest BCUT2D eigenvalue weighted by Gasteiger charge is 2.01. The Labute approximate surface area is 168 Å². The molecule has 0 aromatic rings. The van der Waals surface area contributed by atoms with Crippen LogP contribution in [0, 0.1) is 0 Å². The molecule has 160 valence electrons. The van der Waals surface area contributed by atoms with Gasteiger partial charge in [0.25, 0.3) is 0 Å².